The van der Waals surface area contributed by atoms with Gasteiger partial charge in [-0.25, -0.2) is 9.59 Å². The normalized spacial score (nSPS) is 9.75. The second-order valence-corrected chi connectivity index (χ2v) is 3.53. The van der Waals surface area contributed by atoms with Crippen molar-refractivity contribution in [1.82, 2.24) is 5.48 Å². The Morgan fingerprint density at radius 3 is 1.69 bits per heavy atom. The molecular formula is C8H15NO7. The molecule has 4 N–H and O–H groups in total. The van der Waals surface area contributed by atoms with Gasteiger partial charge < -0.3 is 20.2 Å². The Labute approximate surface area is 91.8 Å². The third-order valence-corrected chi connectivity index (χ3v) is 0.826. The van der Waals surface area contributed by atoms with Gasteiger partial charge in [-0.05, 0) is 20.8 Å². The van der Waals surface area contributed by atoms with Gasteiger partial charge in [-0.1, -0.05) is 0 Å². The average molecular weight is 237 g/mol. The monoisotopic (exact) mass is 237 g/mol. The first-order chi connectivity index (χ1) is 7.10. The van der Waals surface area contributed by atoms with Gasteiger partial charge >= 0.3 is 17.9 Å². The Kier molecular flexibility index (Phi) is 7.96. The molecule has 8 nitrogen and oxygen atoms in total. The van der Waals surface area contributed by atoms with Gasteiger partial charge in [-0.15, -0.1) is 0 Å². The van der Waals surface area contributed by atoms with Crippen molar-refractivity contribution >= 4 is 17.9 Å². The molecule has 0 spiro atoms. The molecule has 0 aromatic heterocycles. The number of carboxylic acids is 2. The number of carbonyl (C=O) groups excluding carboxylic acids is 1. The molecule has 0 atom stereocenters. The van der Waals surface area contributed by atoms with Crippen molar-refractivity contribution in [3.8, 4) is 0 Å². The molecule has 94 valence electrons. The molecule has 0 aliphatic heterocycles. The van der Waals surface area contributed by atoms with Gasteiger partial charge in [-0.2, -0.15) is 5.48 Å². The molecule has 0 unspecified atom stereocenters. The van der Waals surface area contributed by atoms with Crippen LogP contribution in [0.15, 0.2) is 0 Å². The molecule has 0 saturated carbocycles. The Balaban J connectivity index is 0. The van der Waals surface area contributed by atoms with E-state index in [4.69, 9.17) is 29.7 Å². The molecule has 0 aliphatic carbocycles. The van der Waals surface area contributed by atoms with Crippen molar-refractivity contribution in [2.45, 2.75) is 26.4 Å². The molecule has 0 bridgehead atoms. The summed E-state index contributed by atoms with van der Waals surface area (Å²) < 4.78 is 4.82. The van der Waals surface area contributed by atoms with Crippen LogP contribution in [-0.2, 0) is 19.1 Å². The number of aliphatic carboxylic acids is 2. The maximum Gasteiger partial charge on any atom is 0.414 e. The van der Waals surface area contributed by atoms with Gasteiger partial charge in [0, 0.05) is 0 Å². The van der Waals surface area contributed by atoms with Crippen molar-refractivity contribution < 1.29 is 34.5 Å². The number of carboxylic acid groups (broad SMARTS) is 2. The third-order valence-electron chi connectivity index (χ3n) is 0.826. The van der Waals surface area contributed by atoms with Gasteiger partial charge in [-0.3, -0.25) is 4.79 Å². The summed E-state index contributed by atoms with van der Waals surface area (Å²) >= 11 is 0. The first kappa shape index (κ1) is 16.7. The van der Waals surface area contributed by atoms with E-state index in [1.165, 1.54) is 0 Å². The summed E-state index contributed by atoms with van der Waals surface area (Å²) in [5, 5.41) is 22.9. The highest BCUT2D eigenvalue weighted by molar-refractivity contribution is 6.27. The minimum absolute atomic E-state index is 0.169. The summed E-state index contributed by atoms with van der Waals surface area (Å²) in [6.07, 6.45) is 0. The number of nitrogens with one attached hydrogen (secondary N) is 1. The summed E-state index contributed by atoms with van der Waals surface area (Å²) in [7, 11) is 0. The Morgan fingerprint density at radius 2 is 1.50 bits per heavy atom. The zero-order valence-electron chi connectivity index (χ0n) is 9.18. The highest BCUT2D eigenvalue weighted by Gasteiger charge is 2.14. The quantitative estimate of drug-likeness (QED) is 0.286. The number of carbonyl (C=O) groups is 3. The topological polar surface area (TPSA) is 133 Å². The maximum absolute atomic E-state index is 10.6. The van der Waals surface area contributed by atoms with Crippen LogP contribution in [-0.4, -0.2) is 45.5 Å². The molecule has 8 heteroatoms. The van der Waals surface area contributed by atoms with E-state index in [0.717, 1.165) is 0 Å². The first-order valence-electron chi connectivity index (χ1n) is 4.15. The smallest absolute Gasteiger partial charge is 0.414 e. The van der Waals surface area contributed by atoms with Crippen molar-refractivity contribution in [2.75, 3.05) is 6.54 Å². The van der Waals surface area contributed by atoms with E-state index in [0.29, 0.717) is 0 Å². The number of hydrogen-bond acceptors (Lipinski definition) is 6. The summed E-state index contributed by atoms with van der Waals surface area (Å²) in [6, 6.07) is 0. The van der Waals surface area contributed by atoms with E-state index in [2.05, 4.69) is 0 Å². The third kappa shape index (κ3) is 14.8. The Hall–Kier alpha value is -1.67. The zero-order chi connectivity index (χ0) is 13.4. The van der Waals surface area contributed by atoms with E-state index >= 15 is 0 Å². The van der Waals surface area contributed by atoms with Gasteiger partial charge in [0.1, 0.15) is 12.1 Å². The number of ether oxygens (including phenoxy) is 1. The lowest BCUT2D eigenvalue weighted by Crippen LogP contribution is -2.30. The first-order valence-corrected chi connectivity index (χ1v) is 4.15. The molecule has 0 amide bonds. The van der Waals surface area contributed by atoms with E-state index in [-0.39, 0.29) is 6.54 Å². The Morgan fingerprint density at radius 1 is 1.12 bits per heavy atom. The molecule has 0 saturated heterocycles. The lowest BCUT2D eigenvalue weighted by Gasteiger charge is -2.18. The van der Waals surface area contributed by atoms with Crippen LogP contribution in [0, 0.1) is 0 Å². The molecule has 0 aromatic rings. The van der Waals surface area contributed by atoms with E-state index in [1.54, 1.807) is 26.3 Å². The molecule has 0 radical (unpaired) electrons. The maximum atomic E-state index is 10.6. The minimum Gasteiger partial charge on any atom is -0.473 e. The summed E-state index contributed by atoms with van der Waals surface area (Å²) in [4.78, 5) is 28.8. The van der Waals surface area contributed by atoms with Crippen LogP contribution in [0.1, 0.15) is 20.8 Å². The van der Waals surface area contributed by atoms with E-state index in [1.807, 2.05) is 0 Å². The van der Waals surface area contributed by atoms with E-state index in [9.17, 15) is 4.79 Å². The number of hydrogen-bond donors (Lipinski definition) is 4. The van der Waals surface area contributed by atoms with Gasteiger partial charge in [0.05, 0.1) is 0 Å². The van der Waals surface area contributed by atoms with Crippen LogP contribution in [0.3, 0.4) is 0 Å². The minimum atomic E-state index is -1.82. The number of esters is 1. The molecule has 0 aliphatic rings. The van der Waals surface area contributed by atoms with Crippen LogP contribution < -0.4 is 5.48 Å². The lowest BCUT2D eigenvalue weighted by molar-refractivity contribution is -0.159. The fourth-order valence-electron chi connectivity index (χ4n) is 0.442. The summed E-state index contributed by atoms with van der Waals surface area (Å²) in [6.45, 7) is 5.13. The predicted molar refractivity (Wildman–Crippen MR) is 50.9 cm³/mol. The predicted octanol–water partition coefficient (Wildman–Crippen LogP) is -0.537. The van der Waals surface area contributed by atoms with Crippen molar-refractivity contribution in [2.24, 2.45) is 0 Å². The molecule has 0 rings (SSSR count). The number of hydroxylamine groups is 1. The molecule has 0 aromatic carbocycles. The van der Waals surface area contributed by atoms with Crippen LogP contribution in [0.4, 0.5) is 0 Å². The van der Waals surface area contributed by atoms with Crippen molar-refractivity contribution in [3.05, 3.63) is 0 Å². The standard InChI is InChI=1S/C6H13NO3.C2H2O4/c1-6(2,3)10-5(8)4-7-9;3-1(4)2(5)6/h7,9H,4H2,1-3H3;(H,3,4)(H,5,6). The SMILES string of the molecule is CC(C)(C)OC(=O)CNO.O=C(O)C(=O)O. The molecule has 16 heavy (non-hydrogen) atoms. The highest BCUT2D eigenvalue weighted by Crippen LogP contribution is 2.05. The summed E-state index contributed by atoms with van der Waals surface area (Å²) in [5.74, 6) is -4.11. The molecule has 0 fully saturated rings. The van der Waals surface area contributed by atoms with Crippen LogP contribution >= 0.6 is 0 Å². The molecule has 0 heterocycles. The lowest BCUT2D eigenvalue weighted by atomic mass is 10.2. The van der Waals surface area contributed by atoms with Crippen molar-refractivity contribution in [1.29, 1.82) is 0 Å². The Bertz CT molecular complexity index is 244. The van der Waals surface area contributed by atoms with Gasteiger partial charge in [0.25, 0.3) is 0 Å². The van der Waals surface area contributed by atoms with Gasteiger partial charge in [0.2, 0.25) is 0 Å². The fraction of sp³-hybridized carbons (Fsp3) is 0.625. The highest BCUT2D eigenvalue weighted by atomic mass is 16.6. The molecular weight excluding hydrogens is 222 g/mol. The average Bonchev–Trinajstić information content (AvgIpc) is 2.01. The second kappa shape index (κ2) is 7.60. The van der Waals surface area contributed by atoms with Crippen LogP contribution in [0.5, 0.6) is 0 Å². The van der Waals surface area contributed by atoms with E-state index < -0.39 is 23.5 Å². The fourth-order valence-corrected chi connectivity index (χ4v) is 0.442. The zero-order valence-corrected chi connectivity index (χ0v) is 9.18. The van der Waals surface area contributed by atoms with Crippen LogP contribution in [0.2, 0.25) is 0 Å². The second-order valence-electron chi connectivity index (χ2n) is 3.53. The van der Waals surface area contributed by atoms with Gasteiger partial charge in [0.15, 0.2) is 0 Å². The largest absolute Gasteiger partial charge is 0.473 e. The van der Waals surface area contributed by atoms with Crippen molar-refractivity contribution in [3.63, 3.8) is 0 Å². The number of rotatable bonds is 2. The van der Waals surface area contributed by atoms with Crippen LogP contribution in [0.25, 0.3) is 0 Å². The summed E-state index contributed by atoms with van der Waals surface area (Å²) in [5.41, 5.74) is 1.24.